The number of rotatable bonds is 4. The first-order valence-electron chi connectivity index (χ1n) is 10.4. The van der Waals surface area contributed by atoms with Gasteiger partial charge in [0.25, 0.3) is 5.56 Å². The molecule has 0 spiro atoms. The molecule has 2 aromatic heterocycles. The third kappa shape index (κ3) is 3.31. The Morgan fingerprint density at radius 3 is 2.67 bits per heavy atom. The van der Waals surface area contributed by atoms with Gasteiger partial charge >= 0.3 is 0 Å². The van der Waals surface area contributed by atoms with E-state index in [1.165, 1.54) is 4.68 Å². The number of benzene rings is 1. The highest BCUT2D eigenvalue weighted by atomic mass is 16.5. The minimum atomic E-state index is -0.284. The van der Waals surface area contributed by atoms with Crippen LogP contribution in [0.4, 0.5) is 0 Å². The lowest BCUT2D eigenvalue weighted by atomic mass is 10.1. The van der Waals surface area contributed by atoms with Crippen LogP contribution < -0.4 is 5.56 Å². The molecule has 1 aliphatic carbocycles. The SMILES string of the molecule is Cc1ccc(-n2ncc3c(C4CC4)nn(CC(=O)N4CCOCC4)c(=O)c32)c(C)c1. The fourth-order valence-corrected chi connectivity index (χ4v) is 4.13. The van der Waals surface area contributed by atoms with Crippen molar-refractivity contribution in [3.05, 3.63) is 51.6 Å². The van der Waals surface area contributed by atoms with Gasteiger partial charge in [0.2, 0.25) is 5.91 Å². The molecule has 3 aromatic rings. The molecule has 8 nitrogen and oxygen atoms in total. The van der Waals surface area contributed by atoms with Crippen molar-refractivity contribution >= 4 is 16.8 Å². The van der Waals surface area contributed by atoms with Crippen molar-refractivity contribution in [2.75, 3.05) is 26.3 Å². The molecule has 1 aromatic carbocycles. The van der Waals surface area contributed by atoms with E-state index in [2.05, 4.69) is 16.3 Å². The standard InChI is InChI=1S/C22H25N5O3/c1-14-3-6-18(15(2)11-14)27-21-17(12-23-27)20(16-4-5-16)24-26(22(21)29)13-19(28)25-7-9-30-10-8-25/h3,6,11-12,16H,4-5,7-10,13H2,1-2H3. The van der Waals surface area contributed by atoms with Gasteiger partial charge in [0, 0.05) is 24.4 Å². The molecule has 2 aliphatic rings. The number of aromatic nitrogens is 4. The molecule has 8 heteroatoms. The molecule has 1 saturated heterocycles. The zero-order valence-electron chi connectivity index (χ0n) is 17.3. The molecule has 30 heavy (non-hydrogen) atoms. The van der Waals surface area contributed by atoms with Gasteiger partial charge in [-0.15, -0.1) is 0 Å². The van der Waals surface area contributed by atoms with Gasteiger partial charge in [0.1, 0.15) is 12.1 Å². The van der Waals surface area contributed by atoms with Crippen LogP contribution in [0.5, 0.6) is 0 Å². The molecule has 1 saturated carbocycles. The Hall–Kier alpha value is -3.00. The molecule has 5 rings (SSSR count). The second kappa shape index (κ2) is 7.36. The Kier molecular flexibility index (Phi) is 4.66. The highest BCUT2D eigenvalue weighted by Gasteiger charge is 2.31. The molecule has 1 amide bonds. The van der Waals surface area contributed by atoms with Crippen molar-refractivity contribution in [1.82, 2.24) is 24.5 Å². The molecule has 0 radical (unpaired) electrons. The highest BCUT2D eigenvalue weighted by molar-refractivity contribution is 5.83. The quantitative estimate of drug-likeness (QED) is 0.660. The average molecular weight is 407 g/mol. The van der Waals surface area contributed by atoms with E-state index in [1.807, 2.05) is 26.0 Å². The van der Waals surface area contributed by atoms with Crippen molar-refractivity contribution in [1.29, 1.82) is 0 Å². The van der Waals surface area contributed by atoms with Crippen molar-refractivity contribution < 1.29 is 9.53 Å². The maximum Gasteiger partial charge on any atom is 0.293 e. The largest absolute Gasteiger partial charge is 0.378 e. The van der Waals surface area contributed by atoms with E-state index in [-0.39, 0.29) is 18.0 Å². The van der Waals surface area contributed by atoms with Crippen molar-refractivity contribution in [3.63, 3.8) is 0 Å². The molecular weight excluding hydrogens is 382 g/mol. The van der Waals surface area contributed by atoms with Gasteiger partial charge in [-0.25, -0.2) is 9.36 Å². The fourth-order valence-electron chi connectivity index (χ4n) is 4.13. The Labute approximate surface area is 174 Å². The predicted molar refractivity (Wildman–Crippen MR) is 112 cm³/mol. The number of hydrogen-bond donors (Lipinski definition) is 0. The average Bonchev–Trinajstić information content (AvgIpc) is 3.49. The number of carbonyl (C=O) groups is 1. The zero-order valence-corrected chi connectivity index (χ0v) is 17.3. The third-order valence-electron chi connectivity index (χ3n) is 5.90. The van der Waals surface area contributed by atoms with Crippen LogP contribution in [0.1, 0.15) is 35.6 Å². The fraction of sp³-hybridized carbons (Fsp3) is 0.455. The van der Waals surface area contributed by atoms with Crippen LogP contribution in [0.3, 0.4) is 0 Å². The van der Waals surface area contributed by atoms with E-state index >= 15 is 0 Å². The first-order valence-corrected chi connectivity index (χ1v) is 10.4. The molecule has 0 atom stereocenters. The lowest BCUT2D eigenvalue weighted by molar-refractivity contribution is -0.136. The van der Waals surface area contributed by atoms with Gasteiger partial charge in [-0.1, -0.05) is 17.7 Å². The molecule has 0 N–H and O–H groups in total. The first kappa shape index (κ1) is 19.0. The van der Waals surface area contributed by atoms with Gasteiger partial charge in [-0.05, 0) is 38.3 Å². The number of carbonyl (C=O) groups excluding carboxylic acids is 1. The number of ether oxygens (including phenoxy) is 1. The van der Waals surface area contributed by atoms with Crippen LogP contribution in [0.2, 0.25) is 0 Å². The summed E-state index contributed by atoms with van der Waals surface area (Å²) in [6.07, 6.45) is 3.84. The predicted octanol–water partition coefficient (Wildman–Crippen LogP) is 1.94. The third-order valence-corrected chi connectivity index (χ3v) is 5.90. The molecule has 2 fully saturated rings. The zero-order chi connectivity index (χ0) is 20.8. The Balaban J connectivity index is 1.62. The van der Waals surface area contributed by atoms with Crippen LogP contribution in [-0.2, 0) is 16.1 Å². The van der Waals surface area contributed by atoms with Crippen LogP contribution in [0.15, 0.2) is 29.2 Å². The number of aryl methyl sites for hydroxylation is 2. The Morgan fingerprint density at radius 1 is 1.20 bits per heavy atom. The van der Waals surface area contributed by atoms with Gasteiger partial charge < -0.3 is 9.64 Å². The first-order chi connectivity index (χ1) is 14.5. The van der Waals surface area contributed by atoms with E-state index in [4.69, 9.17) is 4.74 Å². The lowest BCUT2D eigenvalue weighted by Crippen LogP contribution is -2.44. The highest BCUT2D eigenvalue weighted by Crippen LogP contribution is 2.41. The number of nitrogens with zero attached hydrogens (tertiary/aromatic N) is 5. The number of morpholine rings is 1. The van der Waals surface area contributed by atoms with E-state index in [1.54, 1.807) is 15.8 Å². The molecule has 0 bridgehead atoms. The second-order valence-electron chi connectivity index (χ2n) is 8.22. The van der Waals surface area contributed by atoms with Crippen molar-refractivity contribution in [2.24, 2.45) is 0 Å². The molecular formula is C22H25N5O3. The minimum absolute atomic E-state index is 0.0629. The molecule has 156 valence electrons. The molecule has 3 heterocycles. The maximum atomic E-state index is 13.4. The van der Waals surface area contributed by atoms with E-state index in [0.717, 1.165) is 40.7 Å². The van der Waals surface area contributed by atoms with E-state index in [0.29, 0.717) is 37.7 Å². The minimum Gasteiger partial charge on any atom is -0.378 e. The van der Waals surface area contributed by atoms with Crippen molar-refractivity contribution in [3.8, 4) is 5.69 Å². The smallest absolute Gasteiger partial charge is 0.293 e. The summed E-state index contributed by atoms with van der Waals surface area (Å²) >= 11 is 0. The molecule has 0 unspecified atom stereocenters. The van der Waals surface area contributed by atoms with Gasteiger partial charge in [-0.3, -0.25) is 9.59 Å². The number of hydrogen-bond acceptors (Lipinski definition) is 5. The number of fused-ring (bicyclic) bond motifs is 1. The Bertz CT molecular complexity index is 1190. The summed E-state index contributed by atoms with van der Waals surface area (Å²) in [6.45, 7) is 6.14. The maximum absolute atomic E-state index is 13.4. The Morgan fingerprint density at radius 2 is 1.97 bits per heavy atom. The summed E-state index contributed by atoms with van der Waals surface area (Å²) in [6, 6.07) is 6.07. The van der Waals surface area contributed by atoms with Crippen molar-refractivity contribution in [2.45, 2.75) is 39.2 Å². The van der Waals surface area contributed by atoms with E-state index in [9.17, 15) is 9.59 Å². The van der Waals surface area contributed by atoms with Crippen LogP contribution in [0, 0.1) is 13.8 Å². The summed E-state index contributed by atoms with van der Waals surface area (Å²) in [5, 5.41) is 9.95. The van der Waals surface area contributed by atoms with Gasteiger partial charge in [0.15, 0.2) is 0 Å². The van der Waals surface area contributed by atoms with Crippen LogP contribution in [-0.4, -0.2) is 56.7 Å². The summed E-state index contributed by atoms with van der Waals surface area (Å²) in [5.41, 5.74) is 4.14. The monoisotopic (exact) mass is 407 g/mol. The topological polar surface area (TPSA) is 82.2 Å². The summed E-state index contributed by atoms with van der Waals surface area (Å²) in [4.78, 5) is 27.9. The summed E-state index contributed by atoms with van der Waals surface area (Å²) in [5.74, 6) is 0.223. The summed E-state index contributed by atoms with van der Waals surface area (Å²) in [7, 11) is 0. The normalized spacial score (nSPS) is 16.9. The van der Waals surface area contributed by atoms with Gasteiger partial charge in [0.05, 0.1) is 30.8 Å². The molecule has 1 aliphatic heterocycles. The van der Waals surface area contributed by atoms with Crippen LogP contribution in [0.25, 0.3) is 16.6 Å². The van der Waals surface area contributed by atoms with Gasteiger partial charge in [-0.2, -0.15) is 10.2 Å². The number of amides is 1. The second-order valence-corrected chi connectivity index (χ2v) is 8.22. The van der Waals surface area contributed by atoms with E-state index < -0.39 is 0 Å². The van der Waals surface area contributed by atoms with Crippen LogP contribution >= 0.6 is 0 Å². The lowest BCUT2D eigenvalue weighted by Gasteiger charge is -2.26. The summed E-state index contributed by atoms with van der Waals surface area (Å²) < 4.78 is 8.36.